The van der Waals surface area contributed by atoms with Crippen molar-refractivity contribution in [1.82, 2.24) is 19.5 Å². The maximum absolute atomic E-state index is 12.1. The van der Waals surface area contributed by atoms with Crippen molar-refractivity contribution in [3.05, 3.63) is 40.5 Å². The molecular formula is C10H12N6O4S. The first-order valence-corrected chi connectivity index (χ1v) is 7.16. The molecule has 11 heteroatoms. The van der Waals surface area contributed by atoms with E-state index in [9.17, 15) is 18.5 Å². The summed E-state index contributed by atoms with van der Waals surface area (Å²) in [6.45, 7) is -0.0598. The van der Waals surface area contributed by atoms with Gasteiger partial charge in [-0.05, 0) is 12.1 Å². The summed E-state index contributed by atoms with van der Waals surface area (Å²) in [5.41, 5.74) is 4.91. The van der Waals surface area contributed by atoms with Crippen LogP contribution in [-0.4, -0.2) is 28.1 Å². The third-order valence-electron chi connectivity index (χ3n) is 2.73. The fraction of sp³-hybridized carbons (Fsp3) is 0.200. The molecule has 2 rings (SSSR count). The summed E-state index contributed by atoms with van der Waals surface area (Å²) in [6, 6.07) is 3.21. The van der Waals surface area contributed by atoms with Crippen molar-refractivity contribution in [1.29, 1.82) is 0 Å². The predicted molar refractivity (Wildman–Crippen MR) is 72.5 cm³/mol. The van der Waals surface area contributed by atoms with Gasteiger partial charge in [-0.2, -0.15) is 0 Å². The molecule has 0 fully saturated rings. The molecule has 0 bridgehead atoms. The van der Waals surface area contributed by atoms with Crippen LogP contribution in [-0.2, 0) is 23.6 Å². The van der Waals surface area contributed by atoms with E-state index >= 15 is 0 Å². The predicted octanol–water partition coefficient (Wildman–Crippen LogP) is -0.216. The van der Waals surface area contributed by atoms with Gasteiger partial charge in [0.1, 0.15) is 17.8 Å². The van der Waals surface area contributed by atoms with E-state index in [1.807, 2.05) is 0 Å². The van der Waals surface area contributed by atoms with E-state index in [1.165, 1.54) is 6.33 Å². The molecule has 1 aromatic heterocycles. The Morgan fingerprint density at radius 3 is 2.71 bits per heavy atom. The standard InChI is InChI=1S/C10H12N6O4S/c1-15-6-12-14-10(15)5-13-21(19,20)7-2-3-9(16(17)18)8(11)4-7/h2-4,6,13H,5,11H2,1H3. The van der Waals surface area contributed by atoms with Gasteiger partial charge in [0, 0.05) is 13.1 Å². The maximum Gasteiger partial charge on any atom is 0.292 e. The average molecular weight is 312 g/mol. The first kappa shape index (κ1) is 14.9. The molecule has 0 aliphatic carbocycles. The second-order valence-corrected chi connectivity index (χ2v) is 5.93. The zero-order valence-electron chi connectivity index (χ0n) is 10.9. The molecule has 21 heavy (non-hydrogen) atoms. The Morgan fingerprint density at radius 2 is 2.19 bits per heavy atom. The lowest BCUT2D eigenvalue weighted by Gasteiger charge is -2.07. The lowest BCUT2D eigenvalue weighted by molar-refractivity contribution is -0.383. The number of aromatic nitrogens is 3. The monoisotopic (exact) mass is 312 g/mol. The Labute approximate surface area is 119 Å². The zero-order chi connectivity index (χ0) is 15.6. The molecule has 0 saturated heterocycles. The highest BCUT2D eigenvalue weighted by Gasteiger charge is 2.19. The van der Waals surface area contributed by atoms with Crippen LogP contribution in [0.3, 0.4) is 0 Å². The van der Waals surface area contributed by atoms with Crippen LogP contribution in [0.2, 0.25) is 0 Å². The number of aryl methyl sites for hydroxylation is 1. The van der Waals surface area contributed by atoms with Crippen molar-refractivity contribution < 1.29 is 13.3 Å². The SMILES string of the molecule is Cn1cnnc1CNS(=O)(=O)c1ccc([N+](=O)[O-])c(N)c1. The summed E-state index contributed by atoms with van der Waals surface area (Å²) in [7, 11) is -2.18. The Balaban J connectivity index is 2.22. The second-order valence-electron chi connectivity index (χ2n) is 4.16. The summed E-state index contributed by atoms with van der Waals surface area (Å²) in [5, 5.41) is 18.0. The quantitative estimate of drug-likeness (QED) is 0.441. The first-order valence-electron chi connectivity index (χ1n) is 5.67. The van der Waals surface area contributed by atoms with E-state index < -0.39 is 14.9 Å². The van der Waals surface area contributed by atoms with Crippen molar-refractivity contribution in [2.24, 2.45) is 7.05 Å². The highest BCUT2D eigenvalue weighted by atomic mass is 32.2. The van der Waals surface area contributed by atoms with Crippen molar-refractivity contribution >= 4 is 21.4 Å². The minimum atomic E-state index is -3.85. The molecule has 0 atom stereocenters. The van der Waals surface area contributed by atoms with E-state index in [0.29, 0.717) is 5.82 Å². The summed E-state index contributed by atoms with van der Waals surface area (Å²) in [6.07, 6.45) is 1.44. The minimum absolute atomic E-state index is 0.0598. The number of sulfonamides is 1. The molecule has 0 spiro atoms. The zero-order valence-corrected chi connectivity index (χ0v) is 11.7. The number of nitrogens with two attached hydrogens (primary N) is 1. The van der Waals surface area contributed by atoms with Gasteiger partial charge in [0.15, 0.2) is 0 Å². The lowest BCUT2D eigenvalue weighted by atomic mass is 10.3. The molecule has 2 aromatic rings. The van der Waals surface area contributed by atoms with Gasteiger partial charge in [0.2, 0.25) is 10.0 Å². The summed E-state index contributed by atoms with van der Waals surface area (Å²) >= 11 is 0. The van der Waals surface area contributed by atoms with Crippen molar-refractivity contribution in [3.63, 3.8) is 0 Å². The molecule has 3 N–H and O–H groups in total. The Morgan fingerprint density at radius 1 is 1.48 bits per heavy atom. The molecule has 0 radical (unpaired) electrons. The van der Waals surface area contributed by atoms with Crippen LogP contribution in [0, 0.1) is 10.1 Å². The molecular weight excluding hydrogens is 300 g/mol. The number of hydrogen-bond acceptors (Lipinski definition) is 7. The number of nitrogens with one attached hydrogen (secondary N) is 1. The van der Waals surface area contributed by atoms with Crippen LogP contribution < -0.4 is 10.5 Å². The van der Waals surface area contributed by atoms with E-state index in [4.69, 9.17) is 5.73 Å². The van der Waals surface area contributed by atoms with Gasteiger partial charge in [0.25, 0.3) is 5.69 Å². The Bertz CT molecular complexity index is 785. The van der Waals surface area contributed by atoms with Gasteiger partial charge in [-0.15, -0.1) is 10.2 Å². The van der Waals surface area contributed by atoms with Crippen LogP contribution in [0.15, 0.2) is 29.4 Å². The minimum Gasteiger partial charge on any atom is -0.393 e. The van der Waals surface area contributed by atoms with Gasteiger partial charge in [-0.1, -0.05) is 0 Å². The van der Waals surface area contributed by atoms with Crippen molar-refractivity contribution in [2.75, 3.05) is 5.73 Å². The van der Waals surface area contributed by atoms with Crippen LogP contribution >= 0.6 is 0 Å². The number of nitrogen functional groups attached to an aromatic ring is 1. The number of nitro benzene ring substituents is 1. The van der Waals surface area contributed by atoms with Crippen molar-refractivity contribution in [3.8, 4) is 0 Å². The van der Waals surface area contributed by atoms with E-state index in [-0.39, 0.29) is 22.8 Å². The van der Waals surface area contributed by atoms with Crippen LogP contribution in [0.4, 0.5) is 11.4 Å². The van der Waals surface area contributed by atoms with Gasteiger partial charge in [-0.3, -0.25) is 10.1 Å². The van der Waals surface area contributed by atoms with Gasteiger partial charge >= 0.3 is 0 Å². The molecule has 0 amide bonds. The van der Waals surface area contributed by atoms with E-state index in [2.05, 4.69) is 14.9 Å². The lowest BCUT2D eigenvalue weighted by Crippen LogP contribution is -2.24. The molecule has 112 valence electrons. The van der Waals surface area contributed by atoms with Crippen LogP contribution in [0.25, 0.3) is 0 Å². The number of nitrogens with zero attached hydrogens (tertiary/aromatic N) is 4. The smallest absolute Gasteiger partial charge is 0.292 e. The number of anilines is 1. The highest BCUT2D eigenvalue weighted by Crippen LogP contribution is 2.24. The van der Waals surface area contributed by atoms with Gasteiger partial charge in [-0.25, -0.2) is 13.1 Å². The molecule has 1 heterocycles. The van der Waals surface area contributed by atoms with Gasteiger partial charge in [0.05, 0.1) is 16.4 Å². The number of benzene rings is 1. The molecule has 0 unspecified atom stereocenters. The summed E-state index contributed by atoms with van der Waals surface area (Å²) in [4.78, 5) is 9.80. The molecule has 0 aliphatic heterocycles. The first-order chi connectivity index (χ1) is 9.81. The van der Waals surface area contributed by atoms with Crippen molar-refractivity contribution in [2.45, 2.75) is 11.4 Å². The fourth-order valence-electron chi connectivity index (χ4n) is 1.58. The van der Waals surface area contributed by atoms with E-state index in [1.54, 1.807) is 11.6 Å². The third kappa shape index (κ3) is 3.14. The third-order valence-corrected chi connectivity index (χ3v) is 4.13. The Kier molecular flexibility index (Phi) is 3.86. The highest BCUT2D eigenvalue weighted by molar-refractivity contribution is 7.89. The van der Waals surface area contributed by atoms with E-state index in [0.717, 1.165) is 18.2 Å². The number of hydrogen-bond donors (Lipinski definition) is 2. The molecule has 0 aliphatic rings. The fourth-order valence-corrected chi connectivity index (χ4v) is 2.59. The largest absolute Gasteiger partial charge is 0.393 e. The van der Waals surface area contributed by atoms with Crippen LogP contribution in [0.1, 0.15) is 5.82 Å². The summed E-state index contributed by atoms with van der Waals surface area (Å²) in [5.74, 6) is 0.424. The number of rotatable bonds is 5. The molecule has 0 saturated carbocycles. The summed E-state index contributed by atoms with van der Waals surface area (Å²) < 4.78 is 28.0. The number of nitro groups is 1. The molecule has 1 aromatic carbocycles. The Hall–Kier alpha value is -2.53. The van der Waals surface area contributed by atoms with Gasteiger partial charge < -0.3 is 10.3 Å². The maximum atomic E-state index is 12.1. The normalized spacial score (nSPS) is 11.5. The molecule has 10 nitrogen and oxygen atoms in total. The second kappa shape index (κ2) is 5.46. The average Bonchev–Trinajstić information content (AvgIpc) is 2.81. The van der Waals surface area contributed by atoms with Crippen LogP contribution in [0.5, 0.6) is 0 Å². The topological polar surface area (TPSA) is 146 Å².